The topological polar surface area (TPSA) is 87.2 Å². The van der Waals surface area contributed by atoms with Crippen LogP contribution in [0, 0.1) is 11.8 Å². The Hall–Kier alpha value is -2.05. The number of amides is 2. The number of carboxylic acid groups (broad SMARTS) is 1. The van der Waals surface area contributed by atoms with Gasteiger partial charge in [-0.05, 0) is 58.4 Å². The van der Waals surface area contributed by atoms with Crippen LogP contribution < -0.4 is 0 Å². The van der Waals surface area contributed by atoms with Crippen molar-refractivity contribution in [1.29, 1.82) is 0 Å². The maximum atomic E-state index is 12.3. The SMILES string of the molecule is CC(C)(C)OC(=O)N1CCC(C=CC(=O)N2CCC[C@H](C(=O)O)C2)CC1. The number of ether oxygens (including phenoxy) is 1. The third-order valence-electron chi connectivity index (χ3n) is 4.78. The van der Waals surface area contributed by atoms with Gasteiger partial charge in [0.15, 0.2) is 0 Å². The second-order valence-electron chi connectivity index (χ2n) is 8.13. The molecule has 0 radical (unpaired) electrons. The number of carboxylic acids is 1. The van der Waals surface area contributed by atoms with E-state index in [0.717, 1.165) is 19.3 Å². The van der Waals surface area contributed by atoms with Crippen molar-refractivity contribution in [2.24, 2.45) is 11.8 Å². The van der Waals surface area contributed by atoms with Crippen LogP contribution in [0.4, 0.5) is 4.79 Å². The Morgan fingerprint density at radius 3 is 2.27 bits per heavy atom. The Kier molecular flexibility index (Phi) is 6.67. The van der Waals surface area contributed by atoms with Crippen molar-refractivity contribution in [1.82, 2.24) is 9.80 Å². The number of piperidine rings is 2. The first kappa shape index (κ1) is 20.3. The number of allylic oxidation sites excluding steroid dienone is 1. The van der Waals surface area contributed by atoms with Gasteiger partial charge in [0.2, 0.25) is 5.91 Å². The van der Waals surface area contributed by atoms with Crippen LogP contribution in [0.1, 0.15) is 46.5 Å². The molecule has 0 spiro atoms. The zero-order chi connectivity index (χ0) is 19.3. The summed E-state index contributed by atoms with van der Waals surface area (Å²) in [6.45, 7) is 7.68. The average molecular weight is 366 g/mol. The van der Waals surface area contributed by atoms with Gasteiger partial charge in [0.25, 0.3) is 0 Å². The summed E-state index contributed by atoms with van der Waals surface area (Å²) >= 11 is 0. The molecule has 1 N–H and O–H groups in total. The molecule has 2 aliphatic rings. The van der Waals surface area contributed by atoms with Gasteiger partial charge in [-0.15, -0.1) is 0 Å². The van der Waals surface area contributed by atoms with E-state index in [0.29, 0.717) is 26.1 Å². The van der Waals surface area contributed by atoms with Gasteiger partial charge in [-0.2, -0.15) is 0 Å². The van der Waals surface area contributed by atoms with Crippen molar-refractivity contribution >= 4 is 18.0 Å². The molecule has 2 amide bonds. The minimum Gasteiger partial charge on any atom is -0.481 e. The van der Waals surface area contributed by atoms with Crippen LogP contribution in [0.25, 0.3) is 0 Å². The molecule has 0 aliphatic carbocycles. The molecule has 0 saturated carbocycles. The van der Waals surface area contributed by atoms with Gasteiger partial charge in [-0.1, -0.05) is 6.08 Å². The van der Waals surface area contributed by atoms with E-state index >= 15 is 0 Å². The highest BCUT2D eigenvalue weighted by molar-refractivity contribution is 5.88. The first-order valence-electron chi connectivity index (χ1n) is 9.33. The average Bonchev–Trinajstić information content (AvgIpc) is 2.58. The molecule has 2 fully saturated rings. The summed E-state index contributed by atoms with van der Waals surface area (Å²) in [7, 11) is 0. The number of hydrogen-bond donors (Lipinski definition) is 1. The van der Waals surface area contributed by atoms with Crippen LogP contribution in [-0.4, -0.2) is 64.7 Å². The first-order valence-corrected chi connectivity index (χ1v) is 9.33. The fourth-order valence-corrected chi connectivity index (χ4v) is 3.30. The summed E-state index contributed by atoms with van der Waals surface area (Å²) in [6.07, 6.45) is 6.12. The molecule has 2 aliphatic heterocycles. The predicted octanol–water partition coefficient (Wildman–Crippen LogP) is 2.51. The zero-order valence-corrected chi connectivity index (χ0v) is 15.9. The second-order valence-corrected chi connectivity index (χ2v) is 8.13. The van der Waals surface area contributed by atoms with Crippen molar-refractivity contribution in [3.63, 3.8) is 0 Å². The minimum absolute atomic E-state index is 0.120. The molecule has 26 heavy (non-hydrogen) atoms. The quantitative estimate of drug-likeness (QED) is 0.776. The molecule has 0 unspecified atom stereocenters. The molecule has 0 aromatic rings. The highest BCUT2D eigenvalue weighted by Gasteiger charge is 2.28. The summed E-state index contributed by atoms with van der Waals surface area (Å²) in [6, 6.07) is 0. The van der Waals surface area contributed by atoms with Crippen LogP contribution in [0.3, 0.4) is 0 Å². The summed E-state index contributed by atoms with van der Waals surface area (Å²) in [5.74, 6) is -1.16. The summed E-state index contributed by atoms with van der Waals surface area (Å²) in [5, 5.41) is 9.11. The van der Waals surface area contributed by atoms with E-state index in [9.17, 15) is 14.4 Å². The highest BCUT2D eigenvalue weighted by Crippen LogP contribution is 2.21. The Balaban J connectivity index is 1.78. The number of hydrogen-bond acceptors (Lipinski definition) is 4. The van der Waals surface area contributed by atoms with Gasteiger partial charge in [-0.25, -0.2) is 4.79 Å². The fraction of sp³-hybridized carbons (Fsp3) is 0.737. The molecule has 2 heterocycles. The molecule has 2 rings (SSSR count). The third kappa shape index (κ3) is 6.04. The predicted molar refractivity (Wildman–Crippen MR) is 96.6 cm³/mol. The first-order chi connectivity index (χ1) is 12.2. The molecule has 7 nitrogen and oxygen atoms in total. The van der Waals surface area contributed by atoms with Crippen molar-refractivity contribution in [2.45, 2.75) is 52.1 Å². The number of carbonyl (C=O) groups excluding carboxylic acids is 2. The van der Waals surface area contributed by atoms with E-state index in [2.05, 4.69) is 0 Å². The third-order valence-corrected chi connectivity index (χ3v) is 4.78. The number of carbonyl (C=O) groups is 3. The number of likely N-dealkylation sites (tertiary alicyclic amines) is 2. The van der Waals surface area contributed by atoms with Crippen LogP contribution in [-0.2, 0) is 14.3 Å². The fourth-order valence-electron chi connectivity index (χ4n) is 3.30. The van der Waals surface area contributed by atoms with Gasteiger partial charge in [-0.3, -0.25) is 9.59 Å². The number of aliphatic carboxylic acids is 1. The van der Waals surface area contributed by atoms with Crippen LogP contribution in [0.2, 0.25) is 0 Å². The van der Waals surface area contributed by atoms with Crippen LogP contribution >= 0.6 is 0 Å². The van der Waals surface area contributed by atoms with E-state index in [1.807, 2.05) is 26.8 Å². The molecule has 0 aromatic carbocycles. The molecule has 0 aromatic heterocycles. The van der Waals surface area contributed by atoms with Gasteiger partial charge in [0.05, 0.1) is 5.92 Å². The van der Waals surface area contributed by atoms with Crippen molar-refractivity contribution in [3.05, 3.63) is 12.2 Å². The van der Waals surface area contributed by atoms with Gasteiger partial charge >= 0.3 is 12.1 Å². The van der Waals surface area contributed by atoms with E-state index in [4.69, 9.17) is 9.84 Å². The lowest BCUT2D eigenvalue weighted by Gasteiger charge is -2.32. The maximum Gasteiger partial charge on any atom is 0.410 e. The lowest BCUT2D eigenvalue weighted by molar-refractivity contribution is -0.144. The van der Waals surface area contributed by atoms with Crippen molar-refractivity contribution < 1.29 is 24.2 Å². The molecule has 1 atom stereocenters. The molecule has 0 bridgehead atoms. The van der Waals surface area contributed by atoms with E-state index < -0.39 is 17.5 Å². The molecule has 2 saturated heterocycles. The second kappa shape index (κ2) is 8.56. The Morgan fingerprint density at radius 2 is 1.69 bits per heavy atom. The maximum absolute atomic E-state index is 12.3. The smallest absolute Gasteiger partial charge is 0.410 e. The lowest BCUT2D eigenvalue weighted by atomic mass is 9.96. The highest BCUT2D eigenvalue weighted by atomic mass is 16.6. The normalized spacial score (nSPS) is 22.5. The van der Waals surface area contributed by atoms with Crippen molar-refractivity contribution in [2.75, 3.05) is 26.2 Å². The Bertz CT molecular complexity index is 559. The Labute approximate surface area is 155 Å². The van der Waals surface area contributed by atoms with Gasteiger partial charge in [0, 0.05) is 26.2 Å². The Morgan fingerprint density at radius 1 is 1.04 bits per heavy atom. The minimum atomic E-state index is -0.832. The molecule has 146 valence electrons. The summed E-state index contributed by atoms with van der Waals surface area (Å²) < 4.78 is 5.38. The number of nitrogens with zero attached hydrogens (tertiary/aromatic N) is 2. The van der Waals surface area contributed by atoms with E-state index in [-0.39, 0.29) is 24.5 Å². The van der Waals surface area contributed by atoms with Gasteiger partial charge in [0.1, 0.15) is 5.60 Å². The summed E-state index contributed by atoms with van der Waals surface area (Å²) in [5.41, 5.74) is -0.498. The number of rotatable bonds is 3. The monoisotopic (exact) mass is 366 g/mol. The van der Waals surface area contributed by atoms with Crippen molar-refractivity contribution in [3.8, 4) is 0 Å². The lowest BCUT2D eigenvalue weighted by Crippen LogP contribution is -2.42. The molecule has 7 heteroatoms. The van der Waals surface area contributed by atoms with Gasteiger partial charge < -0.3 is 19.6 Å². The zero-order valence-electron chi connectivity index (χ0n) is 15.9. The van der Waals surface area contributed by atoms with E-state index in [1.54, 1.807) is 15.9 Å². The standard InChI is InChI=1S/C19H30N2O5/c1-19(2,3)26-18(25)20-11-8-14(9-12-20)6-7-16(22)21-10-4-5-15(13-21)17(23)24/h6-7,14-15H,4-5,8-13H2,1-3H3,(H,23,24)/t15-/m0/s1. The van der Waals surface area contributed by atoms with Crippen LogP contribution in [0.5, 0.6) is 0 Å². The largest absolute Gasteiger partial charge is 0.481 e. The van der Waals surface area contributed by atoms with E-state index in [1.165, 1.54) is 0 Å². The molecular weight excluding hydrogens is 336 g/mol. The van der Waals surface area contributed by atoms with Crippen LogP contribution in [0.15, 0.2) is 12.2 Å². The molecular formula is C19H30N2O5. The summed E-state index contributed by atoms with van der Waals surface area (Å²) in [4.78, 5) is 38.8.